The minimum atomic E-state index is -0.457. The summed E-state index contributed by atoms with van der Waals surface area (Å²) in [6.45, 7) is 2.96. The number of amides is 2. The lowest BCUT2D eigenvalue weighted by molar-refractivity contribution is -0.140. The van der Waals surface area contributed by atoms with Crippen LogP contribution in [0.3, 0.4) is 0 Å². The van der Waals surface area contributed by atoms with E-state index in [2.05, 4.69) is 5.32 Å². The Morgan fingerprint density at radius 3 is 2.96 bits per heavy atom. The number of likely N-dealkylation sites (tertiary alicyclic amines) is 1. The van der Waals surface area contributed by atoms with Gasteiger partial charge in [-0.1, -0.05) is 17.7 Å². The highest BCUT2D eigenvalue weighted by atomic mass is 35.5. The van der Waals surface area contributed by atoms with Crippen molar-refractivity contribution in [2.24, 2.45) is 0 Å². The fraction of sp³-hybridized carbons (Fsp3) is 0.529. The van der Waals surface area contributed by atoms with E-state index in [0.717, 1.165) is 19.4 Å². The highest BCUT2D eigenvalue weighted by Gasteiger charge is 2.31. The molecule has 2 fully saturated rings. The molecule has 0 radical (unpaired) electrons. The molecule has 5 nitrogen and oxygen atoms in total. The number of hydrogen-bond acceptors (Lipinski definition) is 3. The van der Waals surface area contributed by atoms with Gasteiger partial charge < -0.3 is 15.1 Å². The topological polar surface area (TPSA) is 52.7 Å². The number of nitrogens with zero attached hydrogens (tertiary/aromatic N) is 2. The second kappa shape index (κ2) is 7.49. The van der Waals surface area contributed by atoms with E-state index in [1.807, 2.05) is 4.90 Å². The van der Waals surface area contributed by atoms with Gasteiger partial charge in [-0.25, -0.2) is 4.39 Å². The normalized spacial score (nSPS) is 21.9. The minimum absolute atomic E-state index is 0.0479. The predicted octanol–water partition coefficient (Wildman–Crippen LogP) is 1.44. The molecule has 0 spiro atoms. The van der Waals surface area contributed by atoms with Gasteiger partial charge in [0, 0.05) is 42.8 Å². The molecule has 0 aliphatic carbocycles. The van der Waals surface area contributed by atoms with Crippen molar-refractivity contribution < 1.29 is 14.0 Å². The zero-order valence-electron chi connectivity index (χ0n) is 13.4. The second-order valence-electron chi connectivity index (χ2n) is 6.28. The number of carbonyl (C=O) groups is 2. The van der Waals surface area contributed by atoms with Gasteiger partial charge in [-0.3, -0.25) is 9.59 Å². The van der Waals surface area contributed by atoms with Crippen LogP contribution in [-0.2, 0) is 16.0 Å². The number of piperazine rings is 1. The first kappa shape index (κ1) is 17.2. The first-order chi connectivity index (χ1) is 11.6. The number of piperidine rings is 1. The highest BCUT2D eigenvalue weighted by Crippen LogP contribution is 2.22. The Bertz CT molecular complexity index is 620. The van der Waals surface area contributed by atoms with Crippen molar-refractivity contribution in [1.29, 1.82) is 0 Å². The van der Waals surface area contributed by atoms with Crippen LogP contribution in [0.25, 0.3) is 0 Å². The molecule has 2 heterocycles. The Labute approximate surface area is 145 Å². The Morgan fingerprint density at radius 2 is 2.21 bits per heavy atom. The van der Waals surface area contributed by atoms with Crippen LogP contribution in [0.1, 0.15) is 18.4 Å². The molecule has 0 aromatic heterocycles. The summed E-state index contributed by atoms with van der Waals surface area (Å²) in [4.78, 5) is 28.2. The van der Waals surface area contributed by atoms with Crippen molar-refractivity contribution in [2.75, 3.05) is 32.7 Å². The molecular weight excluding hydrogens is 333 g/mol. The van der Waals surface area contributed by atoms with Gasteiger partial charge in [0.2, 0.25) is 11.8 Å². The third kappa shape index (κ3) is 3.70. The predicted molar refractivity (Wildman–Crippen MR) is 89.3 cm³/mol. The molecule has 24 heavy (non-hydrogen) atoms. The molecule has 3 rings (SSSR count). The average Bonchev–Trinajstić information content (AvgIpc) is 2.59. The minimum Gasteiger partial charge on any atom is -0.340 e. The van der Waals surface area contributed by atoms with E-state index in [1.165, 1.54) is 12.1 Å². The third-order valence-corrected chi connectivity index (χ3v) is 5.06. The lowest BCUT2D eigenvalue weighted by Crippen LogP contribution is -2.57. The van der Waals surface area contributed by atoms with Gasteiger partial charge in [0.15, 0.2) is 0 Å². The first-order valence-corrected chi connectivity index (χ1v) is 8.65. The molecule has 0 saturated carbocycles. The molecule has 1 unspecified atom stereocenters. The Balaban J connectivity index is 1.66. The summed E-state index contributed by atoms with van der Waals surface area (Å²) in [5.74, 6) is -0.520. The lowest BCUT2D eigenvalue weighted by atomic mass is 10.0. The summed E-state index contributed by atoms with van der Waals surface area (Å²) < 4.78 is 13.9. The molecular formula is C17H21ClFN3O2. The fourth-order valence-electron chi connectivity index (χ4n) is 3.41. The summed E-state index contributed by atoms with van der Waals surface area (Å²) in [5.41, 5.74) is 0.240. The maximum atomic E-state index is 13.9. The molecule has 2 saturated heterocycles. The molecule has 2 aliphatic rings. The van der Waals surface area contributed by atoms with Crippen LogP contribution in [0.15, 0.2) is 18.2 Å². The maximum absolute atomic E-state index is 13.9. The SMILES string of the molecule is O=C(Cc1c(F)cccc1Cl)N1CCCC(N2CCNCC2=O)C1. The summed E-state index contributed by atoms with van der Waals surface area (Å²) in [7, 11) is 0. The molecule has 2 amide bonds. The van der Waals surface area contributed by atoms with Crippen LogP contribution < -0.4 is 5.32 Å². The van der Waals surface area contributed by atoms with Gasteiger partial charge in [0.1, 0.15) is 5.82 Å². The quantitative estimate of drug-likeness (QED) is 0.894. The zero-order valence-corrected chi connectivity index (χ0v) is 14.2. The van der Waals surface area contributed by atoms with Crippen LogP contribution in [-0.4, -0.2) is 60.4 Å². The van der Waals surface area contributed by atoms with Crippen molar-refractivity contribution in [3.05, 3.63) is 34.6 Å². The summed E-state index contributed by atoms with van der Waals surface area (Å²) in [6.07, 6.45) is 1.70. The van der Waals surface area contributed by atoms with Crippen LogP contribution >= 0.6 is 11.6 Å². The largest absolute Gasteiger partial charge is 0.340 e. The number of rotatable bonds is 3. The molecule has 1 atom stereocenters. The Morgan fingerprint density at radius 1 is 1.38 bits per heavy atom. The molecule has 1 aromatic carbocycles. The van der Waals surface area contributed by atoms with Crippen LogP contribution in [0, 0.1) is 5.82 Å². The molecule has 1 aromatic rings. The number of carbonyl (C=O) groups excluding carboxylic acids is 2. The fourth-order valence-corrected chi connectivity index (χ4v) is 3.64. The number of hydrogen-bond donors (Lipinski definition) is 1. The molecule has 0 bridgehead atoms. The van der Waals surface area contributed by atoms with E-state index in [4.69, 9.17) is 11.6 Å². The van der Waals surface area contributed by atoms with Crippen molar-refractivity contribution >= 4 is 23.4 Å². The number of nitrogens with one attached hydrogen (secondary N) is 1. The molecule has 7 heteroatoms. The van der Waals surface area contributed by atoms with E-state index < -0.39 is 5.82 Å². The van der Waals surface area contributed by atoms with Gasteiger partial charge in [-0.05, 0) is 25.0 Å². The highest BCUT2D eigenvalue weighted by molar-refractivity contribution is 6.31. The van der Waals surface area contributed by atoms with Crippen LogP contribution in [0.5, 0.6) is 0 Å². The summed E-state index contributed by atoms with van der Waals surface area (Å²) >= 11 is 6.01. The zero-order chi connectivity index (χ0) is 17.1. The van der Waals surface area contributed by atoms with Crippen LogP contribution in [0.2, 0.25) is 5.02 Å². The van der Waals surface area contributed by atoms with Gasteiger partial charge >= 0.3 is 0 Å². The van der Waals surface area contributed by atoms with E-state index in [-0.39, 0.29) is 34.9 Å². The van der Waals surface area contributed by atoms with E-state index in [9.17, 15) is 14.0 Å². The van der Waals surface area contributed by atoms with Crippen molar-refractivity contribution in [2.45, 2.75) is 25.3 Å². The van der Waals surface area contributed by atoms with E-state index in [1.54, 1.807) is 11.0 Å². The summed E-state index contributed by atoms with van der Waals surface area (Å²) in [5, 5.41) is 3.33. The average molecular weight is 354 g/mol. The maximum Gasteiger partial charge on any atom is 0.236 e. The van der Waals surface area contributed by atoms with E-state index >= 15 is 0 Å². The second-order valence-corrected chi connectivity index (χ2v) is 6.68. The standard InChI is InChI=1S/C17H21ClFN3O2/c18-14-4-1-5-15(19)13(14)9-16(23)21-7-2-3-12(11-21)22-8-6-20-10-17(22)24/h1,4-5,12,20H,2-3,6-11H2. The molecule has 2 aliphatic heterocycles. The summed E-state index contributed by atoms with van der Waals surface area (Å²) in [6, 6.07) is 4.48. The van der Waals surface area contributed by atoms with Gasteiger partial charge in [0.05, 0.1) is 13.0 Å². The van der Waals surface area contributed by atoms with Gasteiger partial charge in [0.25, 0.3) is 0 Å². The third-order valence-electron chi connectivity index (χ3n) is 4.71. The van der Waals surface area contributed by atoms with Gasteiger partial charge in [-0.15, -0.1) is 0 Å². The van der Waals surface area contributed by atoms with Gasteiger partial charge in [-0.2, -0.15) is 0 Å². The Kier molecular flexibility index (Phi) is 5.36. The molecule has 130 valence electrons. The van der Waals surface area contributed by atoms with Crippen LogP contribution in [0.4, 0.5) is 4.39 Å². The number of halogens is 2. The van der Waals surface area contributed by atoms with Crippen molar-refractivity contribution in [3.63, 3.8) is 0 Å². The van der Waals surface area contributed by atoms with Crippen molar-refractivity contribution in [1.82, 2.24) is 15.1 Å². The Hall–Kier alpha value is -1.66. The monoisotopic (exact) mass is 353 g/mol. The van der Waals surface area contributed by atoms with Crippen molar-refractivity contribution in [3.8, 4) is 0 Å². The van der Waals surface area contributed by atoms with E-state index in [0.29, 0.717) is 26.2 Å². The molecule has 1 N–H and O–H groups in total. The smallest absolute Gasteiger partial charge is 0.236 e. The lowest BCUT2D eigenvalue weighted by Gasteiger charge is -2.41. The first-order valence-electron chi connectivity index (χ1n) is 8.27. The number of benzene rings is 1.